The summed E-state index contributed by atoms with van der Waals surface area (Å²) in [5.41, 5.74) is 3.77. The quantitative estimate of drug-likeness (QED) is 0.659. The molecule has 2 aromatic rings. The second-order valence-electron chi connectivity index (χ2n) is 7.91. The molecule has 4 aliphatic rings. The highest BCUT2D eigenvalue weighted by Crippen LogP contribution is 2.54. The van der Waals surface area contributed by atoms with Crippen LogP contribution >= 0.6 is 0 Å². The third kappa shape index (κ3) is 1.94. The van der Waals surface area contributed by atoms with E-state index in [1.54, 1.807) is 0 Å². The zero-order valence-electron chi connectivity index (χ0n) is 15.7. The van der Waals surface area contributed by atoms with Crippen LogP contribution in [0.25, 0.3) is 10.9 Å². The van der Waals surface area contributed by atoms with Crippen LogP contribution in [0.1, 0.15) is 31.0 Å². The monoisotopic (exact) mass is 361 g/mol. The zero-order valence-corrected chi connectivity index (χ0v) is 15.7. The highest BCUT2D eigenvalue weighted by molar-refractivity contribution is 5.92. The first kappa shape index (κ1) is 16.6. The van der Waals surface area contributed by atoms with E-state index >= 15 is 0 Å². The third-order valence-electron chi connectivity index (χ3n) is 6.87. The fourth-order valence-corrected chi connectivity index (χ4v) is 5.88. The Morgan fingerprint density at radius 3 is 3.00 bits per heavy atom. The van der Waals surface area contributed by atoms with Crippen molar-refractivity contribution in [3.8, 4) is 6.07 Å². The lowest BCUT2D eigenvalue weighted by Gasteiger charge is -2.55. The number of carbonyl (C=O) groups is 1. The molecule has 1 fully saturated rings. The van der Waals surface area contributed by atoms with E-state index in [0.717, 1.165) is 30.6 Å². The molecule has 5 nitrogen and oxygen atoms in total. The van der Waals surface area contributed by atoms with E-state index in [1.165, 1.54) is 23.6 Å². The normalized spacial score (nSPS) is 33.7. The van der Waals surface area contributed by atoms with Crippen molar-refractivity contribution in [3.05, 3.63) is 47.2 Å². The molecule has 1 N–H and O–H groups in total. The minimum Gasteiger partial charge on any atom is -0.468 e. The van der Waals surface area contributed by atoms with Gasteiger partial charge >= 0.3 is 5.97 Å². The number of rotatable bonds is 2. The standard InChI is InChI=1S/C22H23N3O2/c1-3-13-10-14-11-22(21(26)27-2)19-16(15-6-4-5-7-17(15)24-19)8-9-25(20(13)22)18(14)12-23/h4-7,10,14,18,20,24H,3,8-9,11H2,1-2H3/t14-,18-,20+,22-/m0/s1. The van der Waals surface area contributed by atoms with Crippen molar-refractivity contribution in [2.45, 2.75) is 43.7 Å². The van der Waals surface area contributed by atoms with Gasteiger partial charge in [0.25, 0.3) is 0 Å². The summed E-state index contributed by atoms with van der Waals surface area (Å²) in [6.07, 6.45) is 4.59. The van der Waals surface area contributed by atoms with Crippen molar-refractivity contribution in [2.24, 2.45) is 5.92 Å². The van der Waals surface area contributed by atoms with Gasteiger partial charge in [-0.15, -0.1) is 0 Å². The number of hydrogen-bond acceptors (Lipinski definition) is 4. The Balaban J connectivity index is 1.84. The van der Waals surface area contributed by atoms with Crippen LogP contribution in [0.15, 0.2) is 35.9 Å². The van der Waals surface area contributed by atoms with Gasteiger partial charge in [0.2, 0.25) is 0 Å². The molecule has 0 saturated carbocycles. The molecule has 27 heavy (non-hydrogen) atoms. The van der Waals surface area contributed by atoms with Crippen LogP contribution in [0.4, 0.5) is 0 Å². The summed E-state index contributed by atoms with van der Waals surface area (Å²) >= 11 is 0. The zero-order chi connectivity index (χ0) is 18.8. The minimum atomic E-state index is -0.766. The van der Waals surface area contributed by atoms with Gasteiger partial charge in [0, 0.05) is 29.1 Å². The van der Waals surface area contributed by atoms with E-state index in [2.05, 4.69) is 41.1 Å². The Morgan fingerprint density at radius 1 is 1.44 bits per heavy atom. The van der Waals surface area contributed by atoms with Gasteiger partial charge in [0.1, 0.15) is 11.5 Å². The maximum absolute atomic E-state index is 13.4. The van der Waals surface area contributed by atoms with Crippen molar-refractivity contribution in [2.75, 3.05) is 13.7 Å². The van der Waals surface area contributed by atoms with Crippen molar-refractivity contribution >= 4 is 16.9 Å². The fourth-order valence-electron chi connectivity index (χ4n) is 5.88. The van der Waals surface area contributed by atoms with Crippen LogP contribution in [0.5, 0.6) is 0 Å². The minimum absolute atomic E-state index is 0.0476. The number of fused-ring (bicyclic) bond motifs is 3. The number of ether oxygens (including phenoxy) is 1. The maximum Gasteiger partial charge on any atom is 0.319 e. The van der Waals surface area contributed by atoms with Gasteiger partial charge in [-0.1, -0.05) is 36.8 Å². The number of para-hydroxylation sites is 1. The number of aromatic amines is 1. The van der Waals surface area contributed by atoms with Gasteiger partial charge < -0.3 is 9.72 Å². The number of esters is 1. The predicted molar refractivity (Wildman–Crippen MR) is 102 cm³/mol. The first-order valence-electron chi connectivity index (χ1n) is 9.70. The van der Waals surface area contributed by atoms with Gasteiger partial charge in [-0.05, 0) is 30.9 Å². The summed E-state index contributed by atoms with van der Waals surface area (Å²) in [6, 6.07) is 10.5. The number of aromatic nitrogens is 1. The fraction of sp³-hybridized carbons (Fsp3) is 0.455. The number of methoxy groups -OCH3 is 1. The molecule has 3 aliphatic heterocycles. The molecule has 4 heterocycles. The van der Waals surface area contributed by atoms with Gasteiger partial charge in [0.05, 0.1) is 19.2 Å². The molecular formula is C22H23N3O2. The lowest BCUT2D eigenvalue weighted by atomic mass is 9.59. The molecule has 6 rings (SSSR count). The van der Waals surface area contributed by atoms with Gasteiger partial charge in [-0.3, -0.25) is 9.69 Å². The molecule has 1 saturated heterocycles. The summed E-state index contributed by atoms with van der Waals surface area (Å²) < 4.78 is 5.39. The first-order valence-corrected chi connectivity index (χ1v) is 9.70. The lowest BCUT2D eigenvalue weighted by molar-refractivity contribution is -0.155. The summed E-state index contributed by atoms with van der Waals surface area (Å²) in [5.74, 6) is -0.140. The van der Waals surface area contributed by atoms with E-state index in [0.29, 0.717) is 6.42 Å². The maximum atomic E-state index is 13.4. The number of nitriles is 1. The molecule has 5 atom stereocenters. The summed E-state index contributed by atoms with van der Waals surface area (Å²) in [6.45, 7) is 2.92. The van der Waals surface area contributed by atoms with Crippen LogP contribution < -0.4 is 0 Å². The molecule has 1 unspecified atom stereocenters. The van der Waals surface area contributed by atoms with Gasteiger partial charge in [-0.25, -0.2) is 0 Å². The second-order valence-corrected chi connectivity index (χ2v) is 7.91. The molecule has 0 spiro atoms. The van der Waals surface area contributed by atoms with Crippen LogP contribution in [-0.4, -0.2) is 41.6 Å². The Hall–Kier alpha value is -2.58. The van der Waals surface area contributed by atoms with E-state index < -0.39 is 5.41 Å². The van der Waals surface area contributed by atoms with Crippen molar-refractivity contribution < 1.29 is 9.53 Å². The van der Waals surface area contributed by atoms with E-state index in [-0.39, 0.29) is 24.0 Å². The Morgan fingerprint density at radius 2 is 2.26 bits per heavy atom. The van der Waals surface area contributed by atoms with Crippen molar-refractivity contribution in [1.82, 2.24) is 9.88 Å². The van der Waals surface area contributed by atoms with Crippen LogP contribution in [0.3, 0.4) is 0 Å². The molecular weight excluding hydrogens is 338 g/mol. The van der Waals surface area contributed by atoms with Crippen molar-refractivity contribution in [3.63, 3.8) is 0 Å². The Labute approximate surface area is 158 Å². The highest BCUT2D eigenvalue weighted by Gasteiger charge is 2.63. The largest absolute Gasteiger partial charge is 0.468 e. The lowest BCUT2D eigenvalue weighted by Crippen LogP contribution is -2.67. The number of carbonyl (C=O) groups excluding carboxylic acids is 1. The molecule has 0 amide bonds. The summed E-state index contributed by atoms with van der Waals surface area (Å²) in [4.78, 5) is 19.2. The third-order valence-corrected chi connectivity index (χ3v) is 6.87. The number of piperidine rings is 1. The number of nitrogens with one attached hydrogen (secondary N) is 1. The van der Waals surface area contributed by atoms with E-state index in [4.69, 9.17) is 4.74 Å². The second kappa shape index (κ2) is 5.71. The smallest absolute Gasteiger partial charge is 0.319 e. The summed E-state index contributed by atoms with van der Waals surface area (Å²) in [5, 5.41) is 11.0. The van der Waals surface area contributed by atoms with Gasteiger partial charge in [-0.2, -0.15) is 5.26 Å². The average Bonchev–Trinajstić information content (AvgIpc) is 3.04. The summed E-state index contributed by atoms with van der Waals surface area (Å²) in [7, 11) is 1.48. The van der Waals surface area contributed by atoms with Gasteiger partial charge in [0.15, 0.2) is 0 Å². The highest BCUT2D eigenvalue weighted by atomic mass is 16.5. The molecule has 1 aromatic heterocycles. The molecule has 5 heteroatoms. The van der Waals surface area contributed by atoms with Crippen LogP contribution in [-0.2, 0) is 21.4 Å². The molecule has 1 aliphatic carbocycles. The predicted octanol–water partition coefficient (Wildman–Crippen LogP) is 3.07. The van der Waals surface area contributed by atoms with Crippen LogP contribution in [0, 0.1) is 17.2 Å². The first-order chi connectivity index (χ1) is 13.2. The molecule has 0 radical (unpaired) electrons. The molecule has 138 valence electrons. The SMILES string of the molecule is CCC1=C[C@H]2C[C@]3(C(=O)OC)c4[nH]c5ccccc5c4CCN([C@H]2C#N)[C@H]13. The number of nitrogens with zero attached hydrogens (tertiary/aromatic N) is 2. The topological polar surface area (TPSA) is 69.1 Å². The number of hydrogen-bond donors (Lipinski definition) is 1. The Bertz CT molecular complexity index is 1010. The van der Waals surface area contributed by atoms with Crippen LogP contribution in [0.2, 0.25) is 0 Å². The van der Waals surface area contributed by atoms with E-state index in [1.807, 2.05) is 12.1 Å². The van der Waals surface area contributed by atoms with Crippen molar-refractivity contribution in [1.29, 1.82) is 5.26 Å². The Kier molecular flexibility index (Phi) is 3.50. The number of H-pyrrole nitrogens is 1. The van der Waals surface area contributed by atoms with E-state index in [9.17, 15) is 10.1 Å². The average molecular weight is 361 g/mol. The molecule has 4 bridgehead atoms. The number of benzene rings is 1. The molecule has 1 aromatic carbocycles.